The van der Waals surface area contributed by atoms with Crippen LogP contribution in [0.1, 0.15) is 17.3 Å². The van der Waals surface area contributed by atoms with Gasteiger partial charge in [-0.1, -0.05) is 0 Å². The van der Waals surface area contributed by atoms with E-state index in [1.807, 2.05) is 22.6 Å². The van der Waals surface area contributed by atoms with Crippen molar-refractivity contribution >= 4 is 40.1 Å². The minimum absolute atomic E-state index is 0.161. The van der Waals surface area contributed by atoms with Crippen LogP contribution in [0.3, 0.4) is 0 Å². The second-order valence-corrected chi connectivity index (χ2v) is 4.72. The maximum absolute atomic E-state index is 11.8. The highest BCUT2D eigenvalue weighted by Crippen LogP contribution is 2.19. The zero-order chi connectivity index (χ0) is 14.4. The van der Waals surface area contributed by atoms with Crippen molar-refractivity contribution in [2.45, 2.75) is 6.92 Å². The Morgan fingerprint density at radius 2 is 2.05 bits per heavy atom. The first-order chi connectivity index (χ1) is 8.95. The summed E-state index contributed by atoms with van der Waals surface area (Å²) in [5.41, 5.74) is 0.0164. The van der Waals surface area contributed by atoms with Crippen molar-refractivity contribution in [1.29, 1.82) is 0 Å². The summed E-state index contributed by atoms with van der Waals surface area (Å²) in [4.78, 5) is 33.1. The molecule has 2 amide bonds. The van der Waals surface area contributed by atoms with Gasteiger partial charge in [-0.2, -0.15) is 0 Å². The summed E-state index contributed by atoms with van der Waals surface area (Å²) in [5.74, 6) is -0.823. The monoisotopic (exact) mass is 377 g/mol. The predicted molar refractivity (Wildman–Crippen MR) is 76.8 cm³/mol. The van der Waals surface area contributed by atoms with Crippen LogP contribution in [0.4, 0.5) is 5.69 Å². The molecule has 0 aliphatic heterocycles. The molecule has 0 atom stereocenters. The highest BCUT2D eigenvalue weighted by molar-refractivity contribution is 14.1. The van der Waals surface area contributed by atoms with Crippen molar-refractivity contribution in [2.75, 3.05) is 13.1 Å². The fourth-order valence-corrected chi connectivity index (χ4v) is 1.90. The van der Waals surface area contributed by atoms with Gasteiger partial charge in [-0.05, 0) is 35.6 Å². The fraction of sp³-hybridized carbons (Fsp3) is 0.273. The molecule has 8 heteroatoms. The van der Waals surface area contributed by atoms with Crippen LogP contribution in [0.2, 0.25) is 0 Å². The molecule has 0 aromatic heterocycles. The molecule has 1 rings (SSSR count). The minimum atomic E-state index is -0.573. The van der Waals surface area contributed by atoms with Crippen LogP contribution >= 0.6 is 22.6 Å². The Balaban J connectivity index is 2.79. The van der Waals surface area contributed by atoms with Crippen molar-refractivity contribution in [3.63, 3.8) is 0 Å². The van der Waals surface area contributed by atoms with Crippen LogP contribution in [-0.4, -0.2) is 29.8 Å². The Bertz CT molecular complexity index is 519. The average molecular weight is 377 g/mol. The summed E-state index contributed by atoms with van der Waals surface area (Å²) in [6, 6.07) is 4.00. The van der Waals surface area contributed by atoms with E-state index >= 15 is 0 Å². The van der Waals surface area contributed by atoms with Gasteiger partial charge >= 0.3 is 0 Å². The van der Waals surface area contributed by atoms with E-state index < -0.39 is 10.8 Å². The molecule has 0 aliphatic carbocycles. The van der Waals surface area contributed by atoms with E-state index in [-0.39, 0.29) is 23.7 Å². The van der Waals surface area contributed by atoms with Gasteiger partial charge in [0.2, 0.25) is 5.91 Å². The van der Waals surface area contributed by atoms with Gasteiger partial charge in [0.05, 0.1) is 17.0 Å². The Morgan fingerprint density at radius 1 is 1.37 bits per heavy atom. The van der Waals surface area contributed by atoms with Crippen molar-refractivity contribution in [3.05, 3.63) is 37.4 Å². The molecule has 0 aliphatic rings. The molecule has 0 spiro atoms. The second-order valence-electron chi connectivity index (χ2n) is 3.56. The lowest BCUT2D eigenvalue weighted by Gasteiger charge is -2.06. The predicted octanol–water partition coefficient (Wildman–Crippen LogP) is 1.07. The first-order valence-corrected chi connectivity index (χ1v) is 6.52. The molecule has 0 saturated heterocycles. The fourth-order valence-electron chi connectivity index (χ4n) is 1.32. The molecule has 1 aromatic carbocycles. The quantitative estimate of drug-likeness (QED) is 0.455. The number of amides is 2. The maximum Gasteiger partial charge on any atom is 0.270 e. The Kier molecular flexibility index (Phi) is 5.67. The largest absolute Gasteiger partial charge is 0.355 e. The summed E-state index contributed by atoms with van der Waals surface area (Å²) in [6.45, 7) is 2.08. The Morgan fingerprint density at radius 3 is 2.63 bits per heavy atom. The molecule has 19 heavy (non-hydrogen) atoms. The molecular weight excluding hydrogens is 365 g/mol. The topological polar surface area (TPSA) is 101 Å². The number of non-ortho nitro benzene ring substituents is 1. The summed E-state index contributed by atoms with van der Waals surface area (Å²) in [7, 11) is 0. The third-order valence-corrected chi connectivity index (χ3v) is 3.13. The first kappa shape index (κ1) is 15.3. The van der Waals surface area contributed by atoms with E-state index in [1.54, 1.807) is 6.92 Å². The van der Waals surface area contributed by atoms with Crippen LogP contribution in [0.5, 0.6) is 0 Å². The smallest absolute Gasteiger partial charge is 0.270 e. The van der Waals surface area contributed by atoms with Crippen LogP contribution in [-0.2, 0) is 4.79 Å². The lowest BCUT2D eigenvalue weighted by molar-refractivity contribution is -0.384. The molecule has 102 valence electrons. The van der Waals surface area contributed by atoms with Gasteiger partial charge in [-0.25, -0.2) is 0 Å². The van der Waals surface area contributed by atoms with Crippen molar-refractivity contribution in [3.8, 4) is 0 Å². The number of nitrogens with one attached hydrogen (secondary N) is 2. The SMILES string of the molecule is CCNC(=O)CNC(=O)c1cc([N+](=O)[O-])ccc1I. The molecule has 0 unspecified atom stereocenters. The number of hydrogen-bond donors (Lipinski definition) is 2. The summed E-state index contributed by atoms with van der Waals surface area (Å²) >= 11 is 1.91. The summed E-state index contributed by atoms with van der Waals surface area (Å²) in [6.07, 6.45) is 0. The van der Waals surface area contributed by atoms with E-state index in [0.29, 0.717) is 10.1 Å². The van der Waals surface area contributed by atoms with Crippen molar-refractivity contribution in [1.82, 2.24) is 10.6 Å². The van der Waals surface area contributed by atoms with Crippen LogP contribution in [0, 0.1) is 13.7 Å². The van der Waals surface area contributed by atoms with Gasteiger partial charge in [-0.3, -0.25) is 19.7 Å². The average Bonchev–Trinajstić information content (AvgIpc) is 2.36. The van der Waals surface area contributed by atoms with Gasteiger partial charge in [0.15, 0.2) is 0 Å². The minimum Gasteiger partial charge on any atom is -0.355 e. The lowest BCUT2D eigenvalue weighted by atomic mass is 10.2. The number of carbonyl (C=O) groups excluding carboxylic acids is 2. The number of nitro benzene ring substituents is 1. The van der Waals surface area contributed by atoms with Gasteiger partial charge < -0.3 is 10.6 Å². The third kappa shape index (κ3) is 4.47. The third-order valence-electron chi connectivity index (χ3n) is 2.19. The Hall–Kier alpha value is -1.71. The molecule has 1 aromatic rings. The van der Waals surface area contributed by atoms with Crippen molar-refractivity contribution < 1.29 is 14.5 Å². The number of rotatable bonds is 5. The number of benzene rings is 1. The number of halogens is 1. The van der Waals surface area contributed by atoms with E-state index in [2.05, 4.69) is 10.6 Å². The highest BCUT2D eigenvalue weighted by atomic mass is 127. The normalized spacial score (nSPS) is 9.79. The van der Waals surface area contributed by atoms with Crippen LogP contribution < -0.4 is 10.6 Å². The molecular formula is C11H12IN3O4. The molecule has 2 N–H and O–H groups in total. The van der Waals surface area contributed by atoms with Gasteiger partial charge in [0.25, 0.3) is 11.6 Å². The maximum atomic E-state index is 11.8. The van der Waals surface area contributed by atoms with Gasteiger partial charge in [-0.15, -0.1) is 0 Å². The summed E-state index contributed by atoms with van der Waals surface area (Å²) in [5, 5.41) is 15.6. The highest BCUT2D eigenvalue weighted by Gasteiger charge is 2.15. The zero-order valence-corrected chi connectivity index (χ0v) is 12.3. The second kappa shape index (κ2) is 7.02. The first-order valence-electron chi connectivity index (χ1n) is 5.44. The van der Waals surface area contributed by atoms with E-state index in [4.69, 9.17) is 0 Å². The molecule has 0 fully saturated rings. The van der Waals surface area contributed by atoms with E-state index in [0.717, 1.165) is 0 Å². The molecule has 0 heterocycles. The number of likely N-dealkylation sites (N-methyl/N-ethyl adjacent to an activating group) is 1. The number of nitrogens with zero attached hydrogens (tertiary/aromatic N) is 1. The molecule has 0 saturated carbocycles. The molecule has 7 nitrogen and oxygen atoms in total. The zero-order valence-electron chi connectivity index (χ0n) is 10.1. The standard InChI is InChI=1S/C11H12IN3O4/c1-2-13-10(16)6-14-11(17)8-5-7(15(18)19)3-4-9(8)12/h3-5H,2,6H2,1H3,(H,13,16)(H,14,17). The van der Waals surface area contributed by atoms with Gasteiger partial charge in [0.1, 0.15) is 0 Å². The van der Waals surface area contributed by atoms with Crippen LogP contribution in [0.15, 0.2) is 18.2 Å². The van der Waals surface area contributed by atoms with Gasteiger partial charge in [0, 0.05) is 22.2 Å². The molecule has 0 bridgehead atoms. The number of hydrogen-bond acceptors (Lipinski definition) is 4. The summed E-state index contributed by atoms with van der Waals surface area (Å²) < 4.78 is 0.580. The lowest BCUT2D eigenvalue weighted by Crippen LogP contribution is -2.37. The van der Waals surface area contributed by atoms with E-state index in [1.165, 1.54) is 18.2 Å². The van der Waals surface area contributed by atoms with Crippen molar-refractivity contribution in [2.24, 2.45) is 0 Å². The van der Waals surface area contributed by atoms with Crippen LogP contribution in [0.25, 0.3) is 0 Å². The number of carbonyl (C=O) groups is 2. The molecule has 0 radical (unpaired) electrons. The number of nitro groups is 1. The Labute approximate surface area is 123 Å². The van der Waals surface area contributed by atoms with E-state index in [9.17, 15) is 19.7 Å².